The van der Waals surface area contributed by atoms with E-state index in [4.69, 9.17) is 27.9 Å². The summed E-state index contributed by atoms with van der Waals surface area (Å²) in [6, 6.07) is 15.8. The molecule has 0 atom stereocenters. The Hall–Kier alpha value is -2.76. The molecule has 0 aliphatic heterocycles. The van der Waals surface area contributed by atoms with Gasteiger partial charge in [0.2, 0.25) is 0 Å². The third-order valence-electron chi connectivity index (χ3n) is 3.57. The Balaban J connectivity index is 1.69. The van der Waals surface area contributed by atoms with Crippen LogP contribution in [0.2, 0.25) is 10.0 Å². The van der Waals surface area contributed by atoms with Crippen molar-refractivity contribution in [2.75, 3.05) is 17.7 Å². The highest BCUT2D eigenvalue weighted by molar-refractivity contribution is 6.33. The number of carbonyl (C=O) groups excluding carboxylic acids is 1. The zero-order chi connectivity index (χ0) is 18.5. The number of amides is 1. The minimum atomic E-state index is -0.289. The zero-order valence-corrected chi connectivity index (χ0v) is 15.3. The lowest BCUT2D eigenvalue weighted by Gasteiger charge is -2.09. The van der Waals surface area contributed by atoms with Crippen molar-refractivity contribution in [1.29, 1.82) is 0 Å². The first-order valence-corrected chi connectivity index (χ1v) is 8.45. The van der Waals surface area contributed by atoms with Gasteiger partial charge in [0.05, 0.1) is 28.4 Å². The molecule has 0 aliphatic carbocycles. The van der Waals surface area contributed by atoms with Gasteiger partial charge in [0, 0.05) is 11.9 Å². The monoisotopic (exact) mass is 387 g/mol. The van der Waals surface area contributed by atoms with Gasteiger partial charge in [0.1, 0.15) is 11.6 Å². The Morgan fingerprint density at radius 3 is 2.50 bits per heavy atom. The van der Waals surface area contributed by atoms with Crippen LogP contribution in [0.5, 0.6) is 5.75 Å². The van der Waals surface area contributed by atoms with E-state index >= 15 is 0 Å². The minimum absolute atomic E-state index is 0.289. The van der Waals surface area contributed by atoms with Gasteiger partial charge >= 0.3 is 0 Å². The number of methoxy groups -OCH3 is 1. The molecule has 1 amide bonds. The summed E-state index contributed by atoms with van der Waals surface area (Å²) in [5.74, 6) is 0.839. The lowest BCUT2D eigenvalue weighted by Crippen LogP contribution is -2.12. The molecule has 0 aliphatic rings. The van der Waals surface area contributed by atoms with Crippen LogP contribution >= 0.6 is 23.2 Å². The molecule has 0 saturated heterocycles. The fraction of sp³-hybridized carbons (Fsp3) is 0.0526. The number of hydrogen-bond donors (Lipinski definition) is 2. The number of hydrogen-bond acceptors (Lipinski definition) is 4. The molecular formula is C19H15Cl2N3O2. The first-order valence-electron chi connectivity index (χ1n) is 7.69. The van der Waals surface area contributed by atoms with Crippen molar-refractivity contribution in [3.63, 3.8) is 0 Å². The van der Waals surface area contributed by atoms with Crippen molar-refractivity contribution < 1.29 is 9.53 Å². The number of pyridine rings is 1. The summed E-state index contributed by atoms with van der Waals surface area (Å²) < 4.78 is 5.09. The van der Waals surface area contributed by atoms with E-state index in [1.54, 1.807) is 36.4 Å². The van der Waals surface area contributed by atoms with Crippen molar-refractivity contribution in [3.05, 3.63) is 76.4 Å². The van der Waals surface area contributed by atoms with Gasteiger partial charge in [-0.3, -0.25) is 4.79 Å². The van der Waals surface area contributed by atoms with E-state index in [1.807, 2.05) is 18.2 Å². The Morgan fingerprint density at radius 1 is 1.04 bits per heavy atom. The Kier molecular flexibility index (Phi) is 5.61. The summed E-state index contributed by atoms with van der Waals surface area (Å²) in [6.45, 7) is 0. The highest BCUT2D eigenvalue weighted by atomic mass is 35.5. The van der Waals surface area contributed by atoms with Crippen LogP contribution in [0.4, 0.5) is 17.2 Å². The third-order valence-corrected chi connectivity index (χ3v) is 4.20. The van der Waals surface area contributed by atoms with Crippen LogP contribution in [0.3, 0.4) is 0 Å². The topological polar surface area (TPSA) is 63.2 Å². The van der Waals surface area contributed by atoms with E-state index in [0.717, 1.165) is 5.69 Å². The molecular weight excluding hydrogens is 373 g/mol. The number of benzene rings is 2. The number of rotatable bonds is 5. The summed E-state index contributed by atoms with van der Waals surface area (Å²) >= 11 is 12.2. The van der Waals surface area contributed by atoms with Gasteiger partial charge in [0.15, 0.2) is 0 Å². The molecule has 2 N–H and O–H groups in total. The number of nitrogens with zero attached hydrogens (tertiary/aromatic N) is 1. The number of aromatic nitrogens is 1. The van der Waals surface area contributed by atoms with Gasteiger partial charge in [-0.1, -0.05) is 35.3 Å². The molecule has 0 spiro atoms. The minimum Gasteiger partial charge on any atom is -0.495 e. The summed E-state index contributed by atoms with van der Waals surface area (Å²) in [7, 11) is 1.53. The number of nitrogens with one attached hydrogen (secondary N) is 2. The van der Waals surface area contributed by atoms with Crippen LogP contribution in [0.15, 0.2) is 60.8 Å². The smallest absolute Gasteiger partial charge is 0.257 e. The molecule has 0 fully saturated rings. The largest absolute Gasteiger partial charge is 0.495 e. The first kappa shape index (κ1) is 18.0. The number of anilines is 3. The SMILES string of the molecule is COc1ccc(NC(=O)c2ccc(Nc3ccccc3Cl)nc2)cc1Cl. The van der Waals surface area contributed by atoms with E-state index in [0.29, 0.717) is 32.9 Å². The summed E-state index contributed by atoms with van der Waals surface area (Å²) in [5.41, 5.74) is 1.73. The van der Waals surface area contributed by atoms with Crippen LogP contribution in [0.1, 0.15) is 10.4 Å². The van der Waals surface area contributed by atoms with E-state index in [9.17, 15) is 4.79 Å². The second-order valence-electron chi connectivity index (χ2n) is 5.34. The van der Waals surface area contributed by atoms with Gasteiger partial charge in [-0.25, -0.2) is 4.98 Å². The van der Waals surface area contributed by atoms with E-state index in [-0.39, 0.29) is 5.91 Å². The van der Waals surface area contributed by atoms with Gasteiger partial charge in [0.25, 0.3) is 5.91 Å². The average Bonchev–Trinajstić information content (AvgIpc) is 2.64. The molecule has 7 heteroatoms. The molecule has 132 valence electrons. The summed E-state index contributed by atoms with van der Waals surface area (Å²) in [5, 5.41) is 6.88. The summed E-state index contributed by atoms with van der Waals surface area (Å²) in [6.07, 6.45) is 1.49. The Bertz CT molecular complexity index is 930. The number of carbonyl (C=O) groups is 1. The van der Waals surface area contributed by atoms with Crippen molar-refractivity contribution in [1.82, 2.24) is 4.98 Å². The van der Waals surface area contributed by atoms with Gasteiger partial charge < -0.3 is 15.4 Å². The van der Waals surface area contributed by atoms with Crippen LogP contribution in [0, 0.1) is 0 Å². The van der Waals surface area contributed by atoms with Gasteiger partial charge in [-0.2, -0.15) is 0 Å². The molecule has 5 nitrogen and oxygen atoms in total. The van der Waals surface area contributed by atoms with Gasteiger partial charge in [-0.15, -0.1) is 0 Å². The van der Waals surface area contributed by atoms with Crippen LogP contribution < -0.4 is 15.4 Å². The fourth-order valence-electron chi connectivity index (χ4n) is 2.25. The van der Waals surface area contributed by atoms with Crippen LogP contribution in [-0.4, -0.2) is 18.0 Å². The van der Waals surface area contributed by atoms with E-state index in [1.165, 1.54) is 13.3 Å². The average molecular weight is 388 g/mol. The Morgan fingerprint density at radius 2 is 1.85 bits per heavy atom. The Labute approximate surface area is 160 Å². The van der Waals surface area contributed by atoms with Gasteiger partial charge in [-0.05, 0) is 42.5 Å². The normalized spacial score (nSPS) is 10.3. The second-order valence-corrected chi connectivity index (χ2v) is 6.15. The highest BCUT2D eigenvalue weighted by Crippen LogP contribution is 2.27. The van der Waals surface area contributed by atoms with Crippen molar-refractivity contribution in [2.45, 2.75) is 0 Å². The van der Waals surface area contributed by atoms with Crippen LogP contribution in [0.25, 0.3) is 0 Å². The predicted molar refractivity (Wildman–Crippen MR) is 105 cm³/mol. The second kappa shape index (κ2) is 8.08. The maximum Gasteiger partial charge on any atom is 0.257 e. The lowest BCUT2D eigenvalue weighted by molar-refractivity contribution is 0.102. The zero-order valence-electron chi connectivity index (χ0n) is 13.8. The van der Waals surface area contributed by atoms with Crippen LogP contribution in [-0.2, 0) is 0 Å². The van der Waals surface area contributed by atoms with Crippen molar-refractivity contribution in [3.8, 4) is 5.75 Å². The summed E-state index contributed by atoms with van der Waals surface area (Å²) in [4.78, 5) is 16.6. The maximum absolute atomic E-state index is 12.3. The molecule has 3 rings (SSSR count). The van der Waals surface area contributed by atoms with E-state index < -0.39 is 0 Å². The molecule has 0 radical (unpaired) electrons. The molecule has 0 bridgehead atoms. The lowest BCUT2D eigenvalue weighted by atomic mass is 10.2. The predicted octanol–water partition coefficient (Wildman–Crippen LogP) is 5.39. The quantitative estimate of drug-likeness (QED) is 0.615. The molecule has 2 aromatic carbocycles. The molecule has 26 heavy (non-hydrogen) atoms. The molecule has 3 aromatic rings. The molecule has 0 unspecified atom stereocenters. The van der Waals surface area contributed by atoms with Crippen molar-refractivity contribution >= 4 is 46.3 Å². The standard InChI is InChI=1S/C19H15Cl2N3O2/c1-26-17-8-7-13(10-15(17)21)23-19(25)12-6-9-18(22-11-12)24-16-5-3-2-4-14(16)20/h2-11H,1H3,(H,22,24)(H,23,25). The third kappa shape index (κ3) is 4.25. The number of para-hydroxylation sites is 1. The molecule has 0 saturated carbocycles. The van der Waals surface area contributed by atoms with Crippen molar-refractivity contribution in [2.24, 2.45) is 0 Å². The number of halogens is 2. The maximum atomic E-state index is 12.3. The number of ether oxygens (including phenoxy) is 1. The highest BCUT2D eigenvalue weighted by Gasteiger charge is 2.09. The fourth-order valence-corrected chi connectivity index (χ4v) is 2.69. The molecule has 1 aromatic heterocycles. The van der Waals surface area contributed by atoms with E-state index in [2.05, 4.69) is 15.6 Å². The molecule has 1 heterocycles. The first-order chi connectivity index (χ1) is 12.6.